The highest BCUT2D eigenvalue weighted by atomic mass is 19.4. The Balaban J connectivity index is 2.53. The van der Waals surface area contributed by atoms with Gasteiger partial charge < -0.3 is 10.6 Å². The number of terminal acetylenes is 1. The standard InChI is InChI=1S/C13H13F3N2O/c1-2-3-4-8-17-12(19)18-11-7-5-6-10(9-11)13(14,15)16/h1,5-7,9H,3-4,8H2,(H2,17,18,19). The quantitative estimate of drug-likeness (QED) is 0.640. The van der Waals surface area contributed by atoms with Crippen molar-refractivity contribution < 1.29 is 18.0 Å². The number of amides is 2. The van der Waals surface area contributed by atoms with Crippen molar-refractivity contribution in [2.75, 3.05) is 11.9 Å². The monoisotopic (exact) mass is 270 g/mol. The first kappa shape index (κ1) is 14.9. The largest absolute Gasteiger partial charge is 0.416 e. The molecular formula is C13H13F3N2O. The normalized spacial score (nSPS) is 10.6. The van der Waals surface area contributed by atoms with Gasteiger partial charge in [0.25, 0.3) is 0 Å². The van der Waals surface area contributed by atoms with E-state index in [1.54, 1.807) is 0 Å². The second-order valence-corrected chi connectivity index (χ2v) is 3.77. The third-order valence-corrected chi connectivity index (χ3v) is 2.23. The summed E-state index contributed by atoms with van der Waals surface area (Å²) < 4.78 is 37.3. The van der Waals surface area contributed by atoms with Crippen molar-refractivity contribution in [3.05, 3.63) is 29.8 Å². The Hall–Kier alpha value is -2.16. The lowest BCUT2D eigenvalue weighted by Gasteiger charge is -2.10. The van der Waals surface area contributed by atoms with Crippen LogP contribution in [0.2, 0.25) is 0 Å². The molecular weight excluding hydrogens is 257 g/mol. The van der Waals surface area contributed by atoms with Crippen molar-refractivity contribution >= 4 is 11.7 Å². The Bertz CT molecular complexity index is 478. The molecule has 102 valence electrons. The summed E-state index contributed by atoms with van der Waals surface area (Å²) in [6.45, 7) is 0.370. The first-order valence-electron chi connectivity index (χ1n) is 5.59. The Kier molecular flexibility index (Phi) is 5.24. The molecule has 1 aromatic carbocycles. The predicted molar refractivity (Wildman–Crippen MR) is 66.5 cm³/mol. The fourth-order valence-corrected chi connectivity index (χ4v) is 1.34. The first-order chi connectivity index (χ1) is 8.93. The van der Waals surface area contributed by atoms with Crippen LogP contribution in [0.5, 0.6) is 0 Å². The maximum Gasteiger partial charge on any atom is 0.416 e. The lowest BCUT2D eigenvalue weighted by atomic mass is 10.2. The van der Waals surface area contributed by atoms with Crippen molar-refractivity contribution in [1.29, 1.82) is 0 Å². The predicted octanol–water partition coefficient (Wildman–Crippen LogP) is 3.24. The van der Waals surface area contributed by atoms with Gasteiger partial charge in [0, 0.05) is 18.7 Å². The van der Waals surface area contributed by atoms with E-state index in [9.17, 15) is 18.0 Å². The average molecular weight is 270 g/mol. The second kappa shape index (κ2) is 6.69. The van der Waals surface area contributed by atoms with Gasteiger partial charge in [-0.05, 0) is 24.6 Å². The first-order valence-corrected chi connectivity index (χ1v) is 5.59. The molecule has 0 spiro atoms. The summed E-state index contributed by atoms with van der Waals surface area (Å²) >= 11 is 0. The molecule has 0 bridgehead atoms. The molecule has 0 saturated carbocycles. The van der Waals surface area contributed by atoms with Crippen LogP contribution in [-0.2, 0) is 6.18 Å². The van der Waals surface area contributed by atoms with Crippen LogP contribution in [0.1, 0.15) is 18.4 Å². The van der Waals surface area contributed by atoms with Gasteiger partial charge in [0.05, 0.1) is 5.56 Å². The molecule has 3 nitrogen and oxygen atoms in total. The number of hydrogen-bond acceptors (Lipinski definition) is 1. The van der Waals surface area contributed by atoms with E-state index in [0.717, 1.165) is 12.1 Å². The summed E-state index contributed by atoms with van der Waals surface area (Å²) in [4.78, 5) is 11.4. The fourth-order valence-electron chi connectivity index (χ4n) is 1.34. The molecule has 0 saturated heterocycles. The van der Waals surface area contributed by atoms with E-state index in [0.29, 0.717) is 19.4 Å². The number of hydrogen-bond donors (Lipinski definition) is 2. The fraction of sp³-hybridized carbons (Fsp3) is 0.308. The highest BCUT2D eigenvalue weighted by molar-refractivity contribution is 5.89. The zero-order valence-electron chi connectivity index (χ0n) is 10.1. The zero-order valence-corrected chi connectivity index (χ0v) is 10.1. The molecule has 0 atom stereocenters. The van der Waals surface area contributed by atoms with Crippen LogP contribution in [-0.4, -0.2) is 12.6 Å². The van der Waals surface area contributed by atoms with Crippen LogP contribution < -0.4 is 10.6 Å². The molecule has 2 amide bonds. The molecule has 0 aromatic heterocycles. The van der Waals surface area contributed by atoms with E-state index < -0.39 is 17.8 Å². The van der Waals surface area contributed by atoms with Crippen molar-refractivity contribution in [3.8, 4) is 12.3 Å². The molecule has 1 rings (SSSR count). The minimum atomic E-state index is -4.43. The molecule has 0 fully saturated rings. The highest BCUT2D eigenvalue weighted by Crippen LogP contribution is 2.30. The molecule has 1 aromatic rings. The third kappa shape index (κ3) is 5.34. The third-order valence-electron chi connectivity index (χ3n) is 2.23. The number of benzene rings is 1. The summed E-state index contributed by atoms with van der Waals surface area (Å²) in [6, 6.07) is 3.88. The maximum absolute atomic E-state index is 12.4. The lowest BCUT2D eigenvalue weighted by Crippen LogP contribution is -2.29. The zero-order chi connectivity index (χ0) is 14.3. The summed E-state index contributed by atoms with van der Waals surface area (Å²) in [6.07, 6.45) is 1.76. The van der Waals surface area contributed by atoms with Gasteiger partial charge in [-0.25, -0.2) is 4.79 Å². The Morgan fingerprint density at radius 3 is 2.74 bits per heavy atom. The van der Waals surface area contributed by atoms with E-state index in [1.807, 2.05) is 0 Å². The minimum Gasteiger partial charge on any atom is -0.338 e. The number of rotatable bonds is 4. The molecule has 0 heterocycles. The molecule has 0 radical (unpaired) electrons. The number of alkyl halides is 3. The van der Waals surface area contributed by atoms with Gasteiger partial charge in [0.1, 0.15) is 0 Å². The molecule has 0 aliphatic heterocycles. The number of carbonyl (C=O) groups is 1. The van der Waals surface area contributed by atoms with Gasteiger partial charge in [-0.15, -0.1) is 12.3 Å². The number of unbranched alkanes of at least 4 members (excludes halogenated alkanes) is 1. The van der Waals surface area contributed by atoms with Gasteiger partial charge in [-0.3, -0.25) is 0 Å². The molecule has 0 aliphatic carbocycles. The van der Waals surface area contributed by atoms with Gasteiger partial charge in [-0.1, -0.05) is 6.07 Å². The van der Waals surface area contributed by atoms with Crippen LogP contribution >= 0.6 is 0 Å². The van der Waals surface area contributed by atoms with Gasteiger partial charge >= 0.3 is 12.2 Å². The van der Waals surface area contributed by atoms with Crippen molar-refractivity contribution in [1.82, 2.24) is 5.32 Å². The molecule has 0 aliphatic rings. The van der Waals surface area contributed by atoms with Crippen molar-refractivity contribution in [2.45, 2.75) is 19.0 Å². The molecule has 2 N–H and O–H groups in total. The van der Waals surface area contributed by atoms with Crippen LogP contribution in [0.4, 0.5) is 23.7 Å². The number of anilines is 1. The Labute approximate surface area is 109 Å². The topological polar surface area (TPSA) is 41.1 Å². The highest BCUT2D eigenvalue weighted by Gasteiger charge is 2.30. The number of carbonyl (C=O) groups excluding carboxylic acids is 1. The summed E-state index contributed by atoms with van der Waals surface area (Å²) in [5.74, 6) is 2.42. The van der Waals surface area contributed by atoms with Crippen LogP contribution in [0, 0.1) is 12.3 Å². The number of halogens is 3. The number of nitrogens with one attached hydrogen (secondary N) is 2. The molecule has 19 heavy (non-hydrogen) atoms. The average Bonchev–Trinajstić information content (AvgIpc) is 2.34. The molecule has 6 heteroatoms. The minimum absolute atomic E-state index is 0.0873. The van der Waals surface area contributed by atoms with Crippen LogP contribution in [0.15, 0.2) is 24.3 Å². The van der Waals surface area contributed by atoms with E-state index in [-0.39, 0.29) is 5.69 Å². The maximum atomic E-state index is 12.4. The van der Waals surface area contributed by atoms with Gasteiger partial charge in [0.15, 0.2) is 0 Å². The summed E-state index contributed by atoms with van der Waals surface area (Å²) in [5, 5.41) is 4.83. The number of urea groups is 1. The van der Waals surface area contributed by atoms with E-state index in [4.69, 9.17) is 6.42 Å². The van der Waals surface area contributed by atoms with Crippen LogP contribution in [0.25, 0.3) is 0 Å². The van der Waals surface area contributed by atoms with Gasteiger partial charge in [0.2, 0.25) is 0 Å². The second-order valence-electron chi connectivity index (χ2n) is 3.77. The SMILES string of the molecule is C#CCCCNC(=O)Nc1cccc(C(F)(F)F)c1. The summed E-state index contributed by atoms with van der Waals surface area (Å²) in [5.41, 5.74) is -0.720. The van der Waals surface area contributed by atoms with Crippen LogP contribution in [0.3, 0.4) is 0 Å². The van der Waals surface area contributed by atoms with Crippen molar-refractivity contribution in [3.63, 3.8) is 0 Å². The lowest BCUT2D eigenvalue weighted by molar-refractivity contribution is -0.137. The van der Waals surface area contributed by atoms with E-state index in [2.05, 4.69) is 16.6 Å². The van der Waals surface area contributed by atoms with E-state index >= 15 is 0 Å². The summed E-state index contributed by atoms with van der Waals surface area (Å²) in [7, 11) is 0. The van der Waals surface area contributed by atoms with E-state index in [1.165, 1.54) is 12.1 Å². The molecule has 0 unspecified atom stereocenters. The van der Waals surface area contributed by atoms with Crippen molar-refractivity contribution in [2.24, 2.45) is 0 Å². The Morgan fingerprint density at radius 1 is 1.37 bits per heavy atom. The smallest absolute Gasteiger partial charge is 0.338 e. The Morgan fingerprint density at radius 2 is 2.11 bits per heavy atom. The van der Waals surface area contributed by atoms with Gasteiger partial charge in [-0.2, -0.15) is 13.2 Å².